The fraction of sp³-hybridized carbons (Fsp3) is 0.667. The molecule has 2 rings (SSSR count). The Hall–Kier alpha value is -1.95. The molecule has 1 saturated heterocycles. The molecule has 1 aromatic rings. The summed E-state index contributed by atoms with van der Waals surface area (Å²) in [6, 6.07) is 7.65. The summed E-state index contributed by atoms with van der Waals surface area (Å²) in [4.78, 5) is 7.35. The number of likely N-dealkylation sites (tertiary alicyclic amines) is 1. The number of methoxy groups -OCH3 is 1. The zero-order valence-corrected chi connectivity index (χ0v) is 17.2. The van der Waals surface area contributed by atoms with Crippen molar-refractivity contribution in [1.29, 1.82) is 0 Å². The van der Waals surface area contributed by atoms with Gasteiger partial charge in [0.25, 0.3) is 0 Å². The Morgan fingerprint density at radius 1 is 1.11 bits per heavy atom. The van der Waals surface area contributed by atoms with Gasteiger partial charge >= 0.3 is 0 Å². The molecule has 0 radical (unpaired) electrons. The highest BCUT2D eigenvalue weighted by atomic mass is 16.5. The van der Waals surface area contributed by atoms with Crippen molar-refractivity contribution < 1.29 is 9.47 Å². The Morgan fingerprint density at radius 3 is 2.44 bits per heavy atom. The van der Waals surface area contributed by atoms with Crippen molar-refractivity contribution in [3.8, 4) is 11.5 Å². The minimum atomic E-state index is 0.589. The quantitative estimate of drug-likeness (QED) is 0.374. The molecule has 0 spiro atoms. The standard InChI is InChI=1S/C21H36N4O2/c1-4-13-25-14-10-18(11-15-25)17-24-21(22-5-2)23-12-16-27-20-8-6-19(26-3)7-9-20/h6-9,18H,4-5,10-17H2,1-3H3,(H2,22,23,24). The van der Waals surface area contributed by atoms with Crippen LogP contribution in [0.15, 0.2) is 29.3 Å². The average molecular weight is 377 g/mol. The summed E-state index contributed by atoms with van der Waals surface area (Å²) >= 11 is 0. The normalized spacial score (nSPS) is 16.2. The molecule has 1 aliphatic heterocycles. The Labute approximate surface area is 164 Å². The molecule has 6 heteroatoms. The van der Waals surface area contributed by atoms with E-state index in [0.717, 1.165) is 30.5 Å². The fourth-order valence-electron chi connectivity index (χ4n) is 3.28. The van der Waals surface area contributed by atoms with Gasteiger partial charge in [0.15, 0.2) is 5.96 Å². The van der Waals surface area contributed by atoms with Crippen molar-refractivity contribution in [3.05, 3.63) is 24.3 Å². The van der Waals surface area contributed by atoms with E-state index in [1.807, 2.05) is 24.3 Å². The molecule has 0 unspecified atom stereocenters. The van der Waals surface area contributed by atoms with Gasteiger partial charge in [0.2, 0.25) is 0 Å². The van der Waals surface area contributed by atoms with Crippen LogP contribution in [0.3, 0.4) is 0 Å². The van der Waals surface area contributed by atoms with Crippen molar-refractivity contribution in [1.82, 2.24) is 15.5 Å². The highest BCUT2D eigenvalue weighted by Crippen LogP contribution is 2.18. The molecule has 152 valence electrons. The van der Waals surface area contributed by atoms with Gasteiger partial charge in [0.1, 0.15) is 18.1 Å². The van der Waals surface area contributed by atoms with E-state index in [9.17, 15) is 0 Å². The van der Waals surface area contributed by atoms with Gasteiger partial charge in [-0.1, -0.05) is 6.92 Å². The van der Waals surface area contributed by atoms with Gasteiger partial charge in [0, 0.05) is 13.1 Å². The maximum Gasteiger partial charge on any atom is 0.191 e. The van der Waals surface area contributed by atoms with Crippen molar-refractivity contribution >= 4 is 5.96 Å². The van der Waals surface area contributed by atoms with Crippen molar-refractivity contribution in [2.45, 2.75) is 33.1 Å². The minimum Gasteiger partial charge on any atom is -0.497 e. The molecule has 1 heterocycles. The average Bonchev–Trinajstić information content (AvgIpc) is 2.71. The molecule has 1 aromatic carbocycles. The Bertz CT molecular complexity index is 540. The lowest BCUT2D eigenvalue weighted by molar-refractivity contribution is 0.188. The summed E-state index contributed by atoms with van der Waals surface area (Å²) in [6.45, 7) is 11.1. The molecule has 0 amide bonds. The van der Waals surface area contributed by atoms with Crippen LogP contribution in [0, 0.1) is 5.92 Å². The van der Waals surface area contributed by atoms with E-state index in [1.54, 1.807) is 7.11 Å². The Balaban J connectivity index is 1.68. The van der Waals surface area contributed by atoms with Crippen LogP contribution in [0.5, 0.6) is 11.5 Å². The lowest BCUT2D eigenvalue weighted by atomic mass is 9.97. The fourth-order valence-corrected chi connectivity index (χ4v) is 3.28. The van der Waals surface area contributed by atoms with Gasteiger partial charge in [-0.3, -0.25) is 4.99 Å². The van der Waals surface area contributed by atoms with E-state index in [0.29, 0.717) is 19.1 Å². The lowest BCUT2D eigenvalue weighted by Gasteiger charge is -2.31. The SMILES string of the molecule is CCCN1CCC(CN=C(NCC)NCCOc2ccc(OC)cc2)CC1. The van der Waals surface area contributed by atoms with Gasteiger partial charge in [-0.05, 0) is 76.0 Å². The molecule has 2 N–H and O–H groups in total. The molecule has 6 nitrogen and oxygen atoms in total. The van der Waals surface area contributed by atoms with Gasteiger partial charge in [-0.2, -0.15) is 0 Å². The number of rotatable bonds is 10. The number of hydrogen-bond donors (Lipinski definition) is 2. The van der Waals surface area contributed by atoms with Crippen molar-refractivity contribution in [3.63, 3.8) is 0 Å². The molecule has 0 aliphatic carbocycles. The second-order valence-corrected chi connectivity index (χ2v) is 6.96. The maximum absolute atomic E-state index is 5.76. The third-order valence-corrected chi connectivity index (χ3v) is 4.82. The Kier molecular flexibility index (Phi) is 9.84. The van der Waals surface area contributed by atoms with E-state index in [1.165, 1.54) is 38.9 Å². The first kappa shape index (κ1) is 21.4. The highest BCUT2D eigenvalue weighted by Gasteiger charge is 2.18. The lowest BCUT2D eigenvalue weighted by Crippen LogP contribution is -2.40. The molecule has 0 bridgehead atoms. The van der Waals surface area contributed by atoms with Crippen LogP contribution in [-0.4, -0.2) is 63.8 Å². The number of nitrogens with one attached hydrogen (secondary N) is 2. The molecular formula is C21H36N4O2. The van der Waals surface area contributed by atoms with Crippen LogP contribution < -0.4 is 20.1 Å². The van der Waals surface area contributed by atoms with Crippen LogP contribution in [-0.2, 0) is 0 Å². The van der Waals surface area contributed by atoms with E-state index in [2.05, 4.69) is 29.4 Å². The van der Waals surface area contributed by atoms with Crippen LogP contribution in [0.4, 0.5) is 0 Å². The monoisotopic (exact) mass is 376 g/mol. The summed E-state index contributed by atoms with van der Waals surface area (Å²) < 4.78 is 10.9. The maximum atomic E-state index is 5.76. The summed E-state index contributed by atoms with van der Waals surface area (Å²) in [5.41, 5.74) is 0. The second-order valence-electron chi connectivity index (χ2n) is 6.96. The third kappa shape index (κ3) is 8.08. The first-order valence-corrected chi connectivity index (χ1v) is 10.3. The topological polar surface area (TPSA) is 58.1 Å². The molecule has 1 aliphatic rings. The molecule has 1 fully saturated rings. The van der Waals surface area contributed by atoms with Crippen molar-refractivity contribution in [2.75, 3.05) is 53.0 Å². The summed E-state index contributed by atoms with van der Waals surface area (Å²) in [5.74, 6) is 3.26. The predicted octanol–water partition coefficient (Wildman–Crippen LogP) is 2.75. The summed E-state index contributed by atoms with van der Waals surface area (Å²) in [5, 5.41) is 6.68. The van der Waals surface area contributed by atoms with Crippen molar-refractivity contribution in [2.24, 2.45) is 10.9 Å². The number of benzene rings is 1. The number of aliphatic imine (C=N–C) groups is 1. The van der Waals surface area contributed by atoms with Gasteiger partial charge < -0.3 is 25.0 Å². The first-order valence-electron chi connectivity index (χ1n) is 10.3. The molecular weight excluding hydrogens is 340 g/mol. The van der Waals surface area contributed by atoms with E-state index >= 15 is 0 Å². The highest BCUT2D eigenvalue weighted by molar-refractivity contribution is 5.79. The van der Waals surface area contributed by atoms with Crippen LogP contribution in [0.1, 0.15) is 33.1 Å². The number of nitrogens with zero attached hydrogens (tertiary/aromatic N) is 2. The third-order valence-electron chi connectivity index (χ3n) is 4.82. The zero-order valence-electron chi connectivity index (χ0n) is 17.2. The van der Waals surface area contributed by atoms with E-state index in [4.69, 9.17) is 14.5 Å². The molecule has 27 heavy (non-hydrogen) atoms. The van der Waals surface area contributed by atoms with Gasteiger partial charge in [0.05, 0.1) is 13.7 Å². The predicted molar refractivity (Wildman–Crippen MR) is 112 cm³/mol. The van der Waals surface area contributed by atoms with Gasteiger partial charge in [-0.25, -0.2) is 0 Å². The molecule has 0 aromatic heterocycles. The largest absolute Gasteiger partial charge is 0.497 e. The van der Waals surface area contributed by atoms with E-state index < -0.39 is 0 Å². The second kappa shape index (κ2) is 12.4. The molecule has 0 atom stereocenters. The number of ether oxygens (including phenoxy) is 2. The van der Waals surface area contributed by atoms with Crippen LogP contribution >= 0.6 is 0 Å². The Morgan fingerprint density at radius 2 is 1.81 bits per heavy atom. The van der Waals surface area contributed by atoms with Crippen LogP contribution in [0.25, 0.3) is 0 Å². The van der Waals surface area contributed by atoms with E-state index in [-0.39, 0.29) is 0 Å². The smallest absolute Gasteiger partial charge is 0.191 e. The molecule has 0 saturated carbocycles. The van der Waals surface area contributed by atoms with Gasteiger partial charge in [-0.15, -0.1) is 0 Å². The summed E-state index contributed by atoms with van der Waals surface area (Å²) in [7, 11) is 1.66. The minimum absolute atomic E-state index is 0.589. The number of piperidine rings is 1. The first-order chi connectivity index (χ1) is 13.2. The number of guanidine groups is 1. The van der Waals surface area contributed by atoms with Crippen LogP contribution in [0.2, 0.25) is 0 Å². The summed E-state index contributed by atoms with van der Waals surface area (Å²) in [6.07, 6.45) is 3.75. The number of hydrogen-bond acceptors (Lipinski definition) is 4. The zero-order chi connectivity index (χ0) is 19.3.